The van der Waals surface area contributed by atoms with E-state index in [0.29, 0.717) is 24.0 Å². The SMILES string of the molecule is O=C(Cc1nc2c(c(-c3ccc(NS(=O)(=O)c4ccc(F)c(F)c4)cc3)n1)C=CC2)C1CC1. The average molecular weight is 467 g/mol. The minimum atomic E-state index is -4.09. The van der Waals surface area contributed by atoms with Crippen LogP contribution < -0.4 is 4.72 Å². The molecule has 2 aromatic carbocycles. The van der Waals surface area contributed by atoms with E-state index in [0.717, 1.165) is 41.8 Å². The maximum atomic E-state index is 13.5. The molecule has 0 unspecified atom stereocenters. The van der Waals surface area contributed by atoms with Crippen LogP contribution in [0.15, 0.2) is 53.4 Å². The molecule has 0 saturated heterocycles. The number of carbonyl (C=O) groups excluding carboxylic acids is 1. The van der Waals surface area contributed by atoms with Gasteiger partial charge in [0.15, 0.2) is 11.6 Å². The summed E-state index contributed by atoms with van der Waals surface area (Å²) in [6, 6.07) is 8.95. The van der Waals surface area contributed by atoms with Gasteiger partial charge in [-0.15, -0.1) is 0 Å². The largest absolute Gasteiger partial charge is 0.299 e. The van der Waals surface area contributed by atoms with E-state index in [1.54, 1.807) is 24.3 Å². The molecule has 6 nitrogen and oxygen atoms in total. The number of allylic oxidation sites excluding steroid dienone is 1. The first kappa shape index (κ1) is 21.4. The fourth-order valence-corrected chi connectivity index (χ4v) is 4.81. The standard InChI is InChI=1S/C24H19F2N3O3S/c25-19-11-10-17(12-20(19)26)33(31,32)29-16-8-6-15(7-9-16)24-18-2-1-3-21(18)27-23(28-24)13-22(30)14-4-5-14/h1-2,6-12,14,29H,3-5,13H2. The van der Waals surface area contributed by atoms with Gasteiger partial charge in [-0.25, -0.2) is 27.2 Å². The number of halogens is 2. The van der Waals surface area contributed by atoms with Crippen LogP contribution in [0.5, 0.6) is 0 Å². The molecule has 1 heterocycles. The van der Waals surface area contributed by atoms with E-state index in [4.69, 9.17) is 0 Å². The Morgan fingerprint density at radius 3 is 2.48 bits per heavy atom. The van der Waals surface area contributed by atoms with E-state index in [1.807, 2.05) is 12.2 Å². The highest BCUT2D eigenvalue weighted by Gasteiger charge is 2.30. The monoisotopic (exact) mass is 467 g/mol. The van der Waals surface area contributed by atoms with Gasteiger partial charge in [-0.2, -0.15) is 0 Å². The Morgan fingerprint density at radius 1 is 1.03 bits per heavy atom. The van der Waals surface area contributed by atoms with Gasteiger partial charge in [-0.1, -0.05) is 24.3 Å². The number of hydrogen-bond donors (Lipinski definition) is 1. The summed E-state index contributed by atoms with van der Waals surface area (Å²) in [5.74, 6) is -1.58. The van der Waals surface area contributed by atoms with Crippen LogP contribution >= 0.6 is 0 Å². The number of sulfonamides is 1. The fourth-order valence-electron chi connectivity index (χ4n) is 3.74. The van der Waals surface area contributed by atoms with Crippen LogP contribution in [0.1, 0.15) is 29.9 Å². The third-order valence-corrected chi connectivity index (χ3v) is 7.02. The molecule has 33 heavy (non-hydrogen) atoms. The number of Topliss-reactive ketones (excluding diaryl/α,β-unsaturated/α-hetero) is 1. The van der Waals surface area contributed by atoms with E-state index in [2.05, 4.69) is 14.7 Å². The summed E-state index contributed by atoms with van der Waals surface area (Å²) in [5, 5.41) is 0. The summed E-state index contributed by atoms with van der Waals surface area (Å²) in [6.07, 6.45) is 6.66. The molecule has 1 N–H and O–H groups in total. The van der Waals surface area contributed by atoms with E-state index >= 15 is 0 Å². The number of nitrogens with one attached hydrogen (secondary N) is 1. The zero-order valence-electron chi connectivity index (χ0n) is 17.4. The molecule has 168 valence electrons. The topological polar surface area (TPSA) is 89.0 Å². The van der Waals surface area contributed by atoms with Gasteiger partial charge in [-0.3, -0.25) is 9.52 Å². The Hall–Kier alpha value is -3.46. The molecule has 0 atom stereocenters. The van der Waals surface area contributed by atoms with Gasteiger partial charge in [-0.05, 0) is 43.2 Å². The predicted molar refractivity (Wildman–Crippen MR) is 119 cm³/mol. The van der Waals surface area contributed by atoms with Gasteiger partial charge in [0.05, 0.1) is 22.7 Å². The Morgan fingerprint density at radius 2 is 1.79 bits per heavy atom. The number of fused-ring (bicyclic) bond motifs is 1. The van der Waals surface area contributed by atoms with Crippen molar-refractivity contribution in [3.63, 3.8) is 0 Å². The molecule has 5 rings (SSSR count). The van der Waals surface area contributed by atoms with E-state index in [-0.39, 0.29) is 28.7 Å². The molecule has 0 aliphatic heterocycles. The highest BCUT2D eigenvalue weighted by molar-refractivity contribution is 7.92. The van der Waals surface area contributed by atoms with Crippen molar-refractivity contribution in [1.29, 1.82) is 0 Å². The minimum absolute atomic E-state index is 0.130. The van der Waals surface area contributed by atoms with Gasteiger partial charge in [0.1, 0.15) is 11.6 Å². The number of carbonyl (C=O) groups is 1. The molecule has 3 aromatic rings. The molecule has 2 aliphatic rings. The van der Waals surface area contributed by atoms with Crippen molar-refractivity contribution >= 4 is 27.6 Å². The normalized spacial score (nSPS) is 14.8. The van der Waals surface area contributed by atoms with Crippen LogP contribution in [0.4, 0.5) is 14.5 Å². The number of nitrogens with zero attached hydrogens (tertiary/aromatic N) is 2. The first-order valence-electron chi connectivity index (χ1n) is 10.5. The summed E-state index contributed by atoms with van der Waals surface area (Å²) in [6.45, 7) is 0. The predicted octanol–water partition coefficient (Wildman–Crippen LogP) is 4.31. The van der Waals surface area contributed by atoms with Gasteiger partial charge in [0, 0.05) is 29.2 Å². The molecule has 0 bridgehead atoms. The molecule has 1 aromatic heterocycles. The van der Waals surface area contributed by atoms with Crippen LogP contribution in [-0.4, -0.2) is 24.2 Å². The molecular weight excluding hydrogens is 448 g/mol. The van der Waals surface area contributed by atoms with Crippen molar-refractivity contribution < 1.29 is 22.0 Å². The van der Waals surface area contributed by atoms with Gasteiger partial charge >= 0.3 is 0 Å². The molecule has 1 fully saturated rings. The van der Waals surface area contributed by atoms with E-state index in [9.17, 15) is 22.0 Å². The van der Waals surface area contributed by atoms with Gasteiger partial charge < -0.3 is 0 Å². The number of benzene rings is 2. The lowest BCUT2D eigenvalue weighted by Crippen LogP contribution is -2.13. The smallest absolute Gasteiger partial charge is 0.261 e. The van der Waals surface area contributed by atoms with Crippen molar-refractivity contribution in [3.05, 3.63) is 77.3 Å². The lowest BCUT2D eigenvalue weighted by atomic mass is 10.0. The van der Waals surface area contributed by atoms with Crippen molar-refractivity contribution in [2.45, 2.75) is 30.6 Å². The molecule has 9 heteroatoms. The second kappa shape index (κ2) is 8.15. The molecule has 0 radical (unpaired) electrons. The summed E-state index contributed by atoms with van der Waals surface area (Å²) in [7, 11) is -4.09. The lowest BCUT2D eigenvalue weighted by Gasteiger charge is -2.12. The lowest BCUT2D eigenvalue weighted by molar-refractivity contribution is -0.119. The van der Waals surface area contributed by atoms with Crippen LogP contribution in [-0.2, 0) is 27.7 Å². The Labute approximate surface area is 189 Å². The Kier molecular flexibility index (Phi) is 5.28. The Bertz CT molecular complexity index is 1400. The quantitative estimate of drug-likeness (QED) is 0.559. The van der Waals surface area contributed by atoms with Crippen LogP contribution in [0.25, 0.3) is 17.3 Å². The number of aromatic nitrogens is 2. The van der Waals surface area contributed by atoms with Crippen molar-refractivity contribution in [2.75, 3.05) is 4.72 Å². The van der Waals surface area contributed by atoms with E-state index in [1.165, 1.54) is 0 Å². The van der Waals surface area contributed by atoms with Crippen LogP contribution in [0, 0.1) is 17.6 Å². The van der Waals surface area contributed by atoms with E-state index < -0.39 is 21.7 Å². The second-order valence-electron chi connectivity index (χ2n) is 8.13. The number of anilines is 1. The molecule has 0 spiro atoms. The Balaban J connectivity index is 1.41. The summed E-state index contributed by atoms with van der Waals surface area (Å²) in [4.78, 5) is 21.1. The minimum Gasteiger partial charge on any atom is -0.299 e. The highest BCUT2D eigenvalue weighted by atomic mass is 32.2. The number of ketones is 1. The van der Waals surface area contributed by atoms with Crippen molar-refractivity contribution in [3.8, 4) is 11.3 Å². The molecule has 1 saturated carbocycles. The van der Waals surface area contributed by atoms with Crippen LogP contribution in [0.3, 0.4) is 0 Å². The van der Waals surface area contributed by atoms with Crippen molar-refractivity contribution in [2.24, 2.45) is 5.92 Å². The second-order valence-corrected chi connectivity index (χ2v) is 9.81. The molecular formula is C24H19F2N3O3S. The first-order chi connectivity index (χ1) is 15.8. The maximum absolute atomic E-state index is 13.5. The number of rotatable bonds is 7. The number of hydrogen-bond acceptors (Lipinski definition) is 5. The maximum Gasteiger partial charge on any atom is 0.261 e. The molecule has 2 aliphatic carbocycles. The third-order valence-electron chi connectivity index (χ3n) is 5.64. The fraction of sp³-hybridized carbons (Fsp3) is 0.208. The average Bonchev–Trinajstić information content (AvgIpc) is 3.53. The van der Waals surface area contributed by atoms with Gasteiger partial charge in [0.2, 0.25) is 0 Å². The summed E-state index contributed by atoms with van der Waals surface area (Å²) in [5.41, 5.74) is 3.43. The first-order valence-corrected chi connectivity index (χ1v) is 12.0. The van der Waals surface area contributed by atoms with Gasteiger partial charge in [0.25, 0.3) is 10.0 Å². The molecule has 0 amide bonds. The summed E-state index contributed by atoms with van der Waals surface area (Å²) >= 11 is 0. The van der Waals surface area contributed by atoms with Crippen LogP contribution in [0.2, 0.25) is 0 Å². The highest BCUT2D eigenvalue weighted by Crippen LogP contribution is 2.33. The zero-order valence-corrected chi connectivity index (χ0v) is 18.2. The summed E-state index contributed by atoms with van der Waals surface area (Å²) < 4.78 is 54.0. The third kappa shape index (κ3) is 4.41. The zero-order chi connectivity index (χ0) is 23.2. The van der Waals surface area contributed by atoms with Crippen molar-refractivity contribution in [1.82, 2.24) is 9.97 Å².